The minimum absolute atomic E-state index is 0.0565. The number of halogens is 2. The minimum Gasteiger partial charge on any atom is -0.385 e. The number of amides is 1. The maximum absolute atomic E-state index is 14.7. The van der Waals surface area contributed by atoms with Crippen LogP contribution < -0.4 is 21.5 Å². The fraction of sp³-hybridized carbons (Fsp3) is 0.500. The van der Waals surface area contributed by atoms with Crippen LogP contribution in [0.4, 0.5) is 10.3 Å². The topological polar surface area (TPSA) is 103 Å². The zero-order valence-corrected chi connectivity index (χ0v) is 21.3. The Balaban J connectivity index is 1.76. The summed E-state index contributed by atoms with van der Waals surface area (Å²) < 4.78 is 23.7. The number of carbonyl (C=O) groups is 1. The molecule has 2 aromatic heterocycles. The van der Waals surface area contributed by atoms with Gasteiger partial charge in [0, 0.05) is 58.0 Å². The van der Waals surface area contributed by atoms with E-state index in [4.69, 9.17) is 16.3 Å². The molecule has 1 amide bonds. The van der Waals surface area contributed by atoms with Gasteiger partial charge >= 0.3 is 5.69 Å². The van der Waals surface area contributed by atoms with E-state index in [0.717, 1.165) is 17.4 Å². The summed E-state index contributed by atoms with van der Waals surface area (Å²) in [4.78, 5) is 45.1. The normalized spacial score (nSPS) is 16.0. The molecule has 0 radical (unpaired) electrons. The second-order valence-electron chi connectivity index (χ2n) is 9.00. The van der Waals surface area contributed by atoms with Crippen molar-refractivity contribution in [1.29, 1.82) is 0 Å². The molecule has 3 aromatic rings. The first-order valence-electron chi connectivity index (χ1n) is 11.8. The molecule has 3 heterocycles. The van der Waals surface area contributed by atoms with E-state index in [1.807, 2.05) is 4.90 Å². The van der Waals surface area contributed by atoms with Gasteiger partial charge in [-0.3, -0.25) is 23.3 Å². The molecule has 1 unspecified atom stereocenters. The molecule has 1 aliphatic rings. The van der Waals surface area contributed by atoms with Gasteiger partial charge in [0.05, 0.1) is 12.5 Å². The van der Waals surface area contributed by atoms with Crippen molar-refractivity contribution in [1.82, 2.24) is 24.0 Å². The largest absolute Gasteiger partial charge is 0.385 e. The molecule has 0 saturated carbocycles. The van der Waals surface area contributed by atoms with Crippen LogP contribution in [0.2, 0.25) is 5.02 Å². The third-order valence-corrected chi connectivity index (χ3v) is 6.96. The van der Waals surface area contributed by atoms with Crippen molar-refractivity contribution in [3.05, 3.63) is 55.4 Å². The minimum atomic E-state index is -0.538. The SMILES string of the molecule is COCCCNC(=O)C1CCCN(c2nc3c(c(=O)n(C)c(=O)n3C)n2Cc2c(F)cccc2Cl)C1. The van der Waals surface area contributed by atoms with Crippen molar-refractivity contribution in [2.24, 2.45) is 20.0 Å². The quantitative estimate of drug-likeness (QED) is 0.453. The number of carbonyl (C=O) groups excluding carboxylic acids is 1. The van der Waals surface area contributed by atoms with Crippen molar-refractivity contribution >= 4 is 34.6 Å². The van der Waals surface area contributed by atoms with Gasteiger partial charge in [-0.25, -0.2) is 9.18 Å². The van der Waals surface area contributed by atoms with E-state index >= 15 is 0 Å². The van der Waals surface area contributed by atoms with Gasteiger partial charge in [0.25, 0.3) is 5.56 Å². The van der Waals surface area contributed by atoms with Gasteiger partial charge in [0.15, 0.2) is 11.2 Å². The number of methoxy groups -OCH3 is 1. The monoisotopic (exact) mass is 520 g/mol. The molecule has 1 atom stereocenters. The number of nitrogens with zero attached hydrogens (tertiary/aromatic N) is 5. The van der Waals surface area contributed by atoms with Crippen molar-refractivity contribution in [3.63, 3.8) is 0 Å². The molecule has 1 saturated heterocycles. The average Bonchev–Trinajstić information content (AvgIpc) is 3.25. The van der Waals surface area contributed by atoms with Crippen molar-refractivity contribution in [2.45, 2.75) is 25.8 Å². The van der Waals surface area contributed by atoms with Gasteiger partial charge < -0.3 is 15.0 Å². The van der Waals surface area contributed by atoms with Crippen LogP contribution >= 0.6 is 11.6 Å². The maximum Gasteiger partial charge on any atom is 0.332 e. The van der Waals surface area contributed by atoms with Crippen molar-refractivity contribution in [3.8, 4) is 0 Å². The number of nitrogens with one attached hydrogen (secondary N) is 1. The lowest BCUT2D eigenvalue weighted by Crippen LogP contribution is -2.44. The lowest BCUT2D eigenvalue weighted by molar-refractivity contribution is -0.125. The highest BCUT2D eigenvalue weighted by molar-refractivity contribution is 6.31. The number of hydrogen-bond acceptors (Lipinski definition) is 6. The van der Waals surface area contributed by atoms with Crippen LogP contribution in [-0.4, -0.2) is 57.9 Å². The van der Waals surface area contributed by atoms with E-state index in [-0.39, 0.29) is 40.1 Å². The van der Waals surface area contributed by atoms with E-state index in [0.29, 0.717) is 38.6 Å². The van der Waals surface area contributed by atoms with E-state index < -0.39 is 17.1 Å². The molecule has 0 aliphatic carbocycles. The molecule has 0 spiro atoms. The van der Waals surface area contributed by atoms with E-state index in [1.165, 1.54) is 30.8 Å². The number of imidazole rings is 1. The molecular weight excluding hydrogens is 491 g/mol. The lowest BCUT2D eigenvalue weighted by Gasteiger charge is -2.33. The highest BCUT2D eigenvalue weighted by atomic mass is 35.5. The fourth-order valence-corrected chi connectivity index (χ4v) is 4.84. The number of hydrogen-bond donors (Lipinski definition) is 1. The van der Waals surface area contributed by atoms with Crippen LogP contribution in [0.25, 0.3) is 11.2 Å². The molecule has 12 heteroatoms. The summed E-state index contributed by atoms with van der Waals surface area (Å²) in [6.07, 6.45) is 2.16. The Morgan fingerprint density at radius 3 is 2.78 bits per heavy atom. The Labute approximate surface area is 212 Å². The molecule has 10 nitrogen and oxygen atoms in total. The summed E-state index contributed by atoms with van der Waals surface area (Å²) in [5.74, 6) is -0.458. The van der Waals surface area contributed by atoms with Crippen LogP contribution in [0.1, 0.15) is 24.8 Å². The molecule has 4 rings (SSSR count). The van der Waals surface area contributed by atoms with E-state index in [1.54, 1.807) is 17.7 Å². The smallest absolute Gasteiger partial charge is 0.332 e. The number of piperidine rings is 1. The van der Waals surface area contributed by atoms with Crippen LogP contribution in [0.5, 0.6) is 0 Å². The highest BCUT2D eigenvalue weighted by Gasteiger charge is 2.30. The van der Waals surface area contributed by atoms with Crippen LogP contribution in [0.3, 0.4) is 0 Å². The number of aryl methyl sites for hydroxylation is 1. The Bertz CT molecular complexity index is 1380. The third-order valence-electron chi connectivity index (χ3n) is 6.61. The summed E-state index contributed by atoms with van der Waals surface area (Å²) in [6.45, 7) is 1.99. The van der Waals surface area contributed by atoms with Gasteiger partial charge in [-0.05, 0) is 31.4 Å². The second-order valence-corrected chi connectivity index (χ2v) is 9.41. The average molecular weight is 521 g/mol. The van der Waals surface area contributed by atoms with Crippen molar-refractivity contribution < 1.29 is 13.9 Å². The van der Waals surface area contributed by atoms with E-state index in [9.17, 15) is 18.8 Å². The number of anilines is 1. The predicted molar refractivity (Wildman–Crippen MR) is 135 cm³/mol. The Hall–Kier alpha value is -3.18. The lowest BCUT2D eigenvalue weighted by atomic mass is 9.97. The summed E-state index contributed by atoms with van der Waals surface area (Å²) in [5, 5.41) is 3.17. The zero-order valence-electron chi connectivity index (χ0n) is 20.6. The fourth-order valence-electron chi connectivity index (χ4n) is 4.61. The van der Waals surface area contributed by atoms with Crippen LogP contribution in [0.15, 0.2) is 27.8 Å². The number of rotatable bonds is 8. The first-order valence-corrected chi connectivity index (χ1v) is 12.2. The van der Waals surface area contributed by atoms with Crippen LogP contribution in [0, 0.1) is 11.7 Å². The zero-order chi connectivity index (χ0) is 26.0. The standard InChI is InChI=1S/C24H30ClFN6O4/c1-29-20-19(22(34)30(2)24(29)35)32(14-16-17(25)8-4-9-18(16)26)23(28-20)31-11-5-7-15(13-31)21(33)27-10-6-12-36-3/h4,8-9,15H,5-7,10-14H2,1-3H3,(H,27,33). The Kier molecular flexibility index (Phi) is 7.79. The number of benzene rings is 1. The van der Waals surface area contributed by atoms with Gasteiger partial charge in [-0.2, -0.15) is 4.98 Å². The summed E-state index contributed by atoms with van der Waals surface area (Å²) in [5.41, 5.74) is -0.486. The number of aromatic nitrogens is 4. The summed E-state index contributed by atoms with van der Waals surface area (Å²) in [6, 6.07) is 4.40. The first kappa shape index (κ1) is 25.9. The van der Waals surface area contributed by atoms with Gasteiger partial charge in [-0.1, -0.05) is 17.7 Å². The molecule has 0 bridgehead atoms. The third kappa shape index (κ3) is 4.90. The van der Waals surface area contributed by atoms with Crippen LogP contribution in [-0.2, 0) is 30.2 Å². The number of ether oxygens (including phenoxy) is 1. The Morgan fingerprint density at radius 1 is 1.28 bits per heavy atom. The van der Waals surface area contributed by atoms with Gasteiger partial charge in [-0.15, -0.1) is 0 Å². The van der Waals surface area contributed by atoms with Crippen molar-refractivity contribution in [2.75, 3.05) is 38.3 Å². The van der Waals surface area contributed by atoms with Gasteiger partial charge in [0.1, 0.15) is 5.82 Å². The molecule has 1 aromatic carbocycles. The van der Waals surface area contributed by atoms with Gasteiger partial charge in [0.2, 0.25) is 11.9 Å². The maximum atomic E-state index is 14.7. The molecule has 1 N–H and O–H groups in total. The molecule has 1 aliphatic heterocycles. The molecule has 1 fully saturated rings. The number of fused-ring (bicyclic) bond motifs is 1. The van der Waals surface area contributed by atoms with E-state index in [2.05, 4.69) is 10.3 Å². The second kappa shape index (κ2) is 10.8. The summed E-state index contributed by atoms with van der Waals surface area (Å²) in [7, 11) is 4.54. The summed E-state index contributed by atoms with van der Waals surface area (Å²) >= 11 is 6.31. The first-order chi connectivity index (χ1) is 17.2. The predicted octanol–water partition coefficient (Wildman–Crippen LogP) is 1.64. The molecule has 36 heavy (non-hydrogen) atoms. The highest BCUT2D eigenvalue weighted by Crippen LogP contribution is 2.28. The molecular formula is C24H30ClFN6O4. The molecule has 194 valence electrons. The Morgan fingerprint density at radius 2 is 2.06 bits per heavy atom.